The van der Waals surface area contributed by atoms with Crippen LogP contribution in [0.5, 0.6) is 0 Å². The second-order valence-corrected chi connectivity index (χ2v) is 6.78. The van der Waals surface area contributed by atoms with E-state index in [1.807, 2.05) is 6.07 Å². The number of anilines is 1. The number of hydrogen-bond acceptors (Lipinski definition) is 2. The molecule has 2 heteroatoms. The van der Waals surface area contributed by atoms with Crippen LogP contribution in [0.3, 0.4) is 0 Å². The fraction of sp³-hybridized carbons (Fsp3) is 0.556. The van der Waals surface area contributed by atoms with Gasteiger partial charge in [-0.1, -0.05) is 30.9 Å². The SMILES string of the molecule is C#Cc1ccccc1N1CC(C)(C)N[C@H]2CCCC[C@@H]21. The lowest BCUT2D eigenvalue weighted by Crippen LogP contribution is -2.67. The fourth-order valence-electron chi connectivity index (χ4n) is 3.85. The van der Waals surface area contributed by atoms with Gasteiger partial charge in [0.2, 0.25) is 0 Å². The molecule has 3 rings (SSSR count). The standard InChI is InChI=1S/C18H24N2/c1-4-14-9-5-7-11-16(14)20-13-18(2,3)19-15-10-6-8-12-17(15)20/h1,5,7,9,11,15,17,19H,6,8,10,12-13H2,2-3H3/t15-,17-/m0/s1. The maximum absolute atomic E-state index is 5.70. The molecular weight excluding hydrogens is 244 g/mol. The van der Waals surface area contributed by atoms with Gasteiger partial charge in [0, 0.05) is 29.7 Å². The molecule has 2 fully saturated rings. The van der Waals surface area contributed by atoms with Crippen LogP contribution in [0.25, 0.3) is 0 Å². The van der Waals surface area contributed by atoms with Crippen LogP contribution in [0.15, 0.2) is 24.3 Å². The minimum absolute atomic E-state index is 0.139. The highest BCUT2D eigenvalue weighted by Gasteiger charge is 2.40. The van der Waals surface area contributed by atoms with Crippen LogP contribution < -0.4 is 10.2 Å². The van der Waals surface area contributed by atoms with E-state index in [2.05, 4.69) is 48.2 Å². The highest BCUT2D eigenvalue weighted by atomic mass is 15.3. The Labute approximate surface area is 122 Å². The Hall–Kier alpha value is -1.46. The summed E-state index contributed by atoms with van der Waals surface area (Å²) in [5.74, 6) is 2.85. The van der Waals surface area contributed by atoms with E-state index in [0.717, 1.165) is 12.1 Å². The maximum Gasteiger partial charge on any atom is 0.0528 e. The Morgan fingerprint density at radius 1 is 1.25 bits per heavy atom. The van der Waals surface area contributed by atoms with Crippen molar-refractivity contribution in [3.8, 4) is 12.3 Å². The molecule has 2 atom stereocenters. The molecule has 2 nitrogen and oxygen atoms in total. The molecule has 0 unspecified atom stereocenters. The first-order chi connectivity index (χ1) is 9.61. The van der Waals surface area contributed by atoms with E-state index in [-0.39, 0.29) is 5.54 Å². The summed E-state index contributed by atoms with van der Waals surface area (Å²) in [6.45, 7) is 5.61. The lowest BCUT2D eigenvalue weighted by Gasteiger charge is -2.52. The van der Waals surface area contributed by atoms with Crippen molar-refractivity contribution >= 4 is 5.69 Å². The molecule has 1 aliphatic heterocycles. The number of para-hydroxylation sites is 1. The number of piperazine rings is 1. The summed E-state index contributed by atoms with van der Waals surface area (Å²) in [7, 11) is 0. The van der Waals surface area contributed by atoms with E-state index in [9.17, 15) is 0 Å². The average molecular weight is 268 g/mol. The quantitative estimate of drug-likeness (QED) is 0.787. The van der Waals surface area contributed by atoms with Crippen molar-refractivity contribution in [2.75, 3.05) is 11.4 Å². The molecule has 0 bridgehead atoms. The summed E-state index contributed by atoms with van der Waals surface area (Å²) in [6, 6.07) is 9.56. The van der Waals surface area contributed by atoms with Crippen molar-refractivity contribution < 1.29 is 0 Å². The summed E-state index contributed by atoms with van der Waals surface area (Å²) in [4.78, 5) is 2.56. The van der Waals surface area contributed by atoms with Gasteiger partial charge in [0.15, 0.2) is 0 Å². The third kappa shape index (κ3) is 2.43. The molecule has 0 radical (unpaired) electrons. The van der Waals surface area contributed by atoms with E-state index in [1.54, 1.807) is 0 Å². The highest BCUT2D eigenvalue weighted by Crippen LogP contribution is 2.34. The molecule has 106 valence electrons. The van der Waals surface area contributed by atoms with Crippen LogP contribution in [0.4, 0.5) is 5.69 Å². The fourth-order valence-corrected chi connectivity index (χ4v) is 3.85. The Morgan fingerprint density at radius 2 is 2.00 bits per heavy atom. The smallest absolute Gasteiger partial charge is 0.0528 e. The molecule has 2 aliphatic rings. The second-order valence-electron chi connectivity index (χ2n) is 6.78. The van der Waals surface area contributed by atoms with Crippen LogP contribution in [0.1, 0.15) is 45.1 Å². The minimum Gasteiger partial charge on any atom is -0.364 e. The molecule has 1 aromatic carbocycles. The van der Waals surface area contributed by atoms with Crippen molar-refractivity contribution in [2.45, 2.75) is 57.2 Å². The number of hydrogen-bond donors (Lipinski definition) is 1. The van der Waals surface area contributed by atoms with Gasteiger partial charge in [-0.15, -0.1) is 6.42 Å². The van der Waals surface area contributed by atoms with Crippen molar-refractivity contribution in [1.82, 2.24) is 5.32 Å². The number of nitrogens with zero attached hydrogens (tertiary/aromatic N) is 1. The predicted molar refractivity (Wildman–Crippen MR) is 85.0 cm³/mol. The Kier molecular flexibility index (Phi) is 3.48. The lowest BCUT2D eigenvalue weighted by atomic mass is 9.83. The summed E-state index contributed by atoms with van der Waals surface area (Å²) < 4.78 is 0. The molecule has 0 aromatic heterocycles. The first-order valence-electron chi connectivity index (χ1n) is 7.71. The molecular formula is C18H24N2. The van der Waals surface area contributed by atoms with E-state index < -0.39 is 0 Å². The van der Waals surface area contributed by atoms with Crippen LogP contribution in [-0.4, -0.2) is 24.2 Å². The number of rotatable bonds is 1. The molecule has 1 aromatic rings. The monoisotopic (exact) mass is 268 g/mol. The van der Waals surface area contributed by atoms with Gasteiger partial charge < -0.3 is 10.2 Å². The molecule has 1 aliphatic carbocycles. The normalized spacial score (nSPS) is 28.6. The lowest BCUT2D eigenvalue weighted by molar-refractivity contribution is 0.199. The predicted octanol–water partition coefficient (Wildman–Crippen LogP) is 3.17. The molecule has 1 saturated heterocycles. The van der Waals surface area contributed by atoms with Gasteiger partial charge in [0.1, 0.15) is 0 Å². The largest absolute Gasteiger partial charge is 0.364 e. The first-order valence-corrected chi connectivity index (χ1v) is 7.71. The third-order valence-electron chi connectivity index (χ3n) is 4.64. The van der Waals surface area contributed by atoms with E-state index in [0.29, 0.717) is 12.1 Å². The zero-order chi connectivity index (χ0) is 14.2. The van der Waals surface area contributed by atoms with Gasteiger partial charge in [0.25, 0.3) is 0 Å². The van der Waals surface area contributed by atoms with Crippen molar-refractivity contribution in [1.29, 1.82) is 0 Å². The van der Waals surface area contributed by atoms with E-state index >= 15 is 0 Å². The topological polar surface area (TPSA) is 15.3 Å². The van der Waals surface area contributed by atoms with Crippen LogP contribution in [-0.2, 0) is 0 Å². The first kappa shape index (κ1) is 13.5. The van der Waals surface area contributed by atoms with Gasteiger partial charge in [0.05, 0.1) is 5.69 Å². The Bertz CT molecular complexity index is 526. The average Bonchev–Trinajstić information content (AvgIpc) is 2.45. The maximum atomic E-state index is 5.70. The molecule has 0 spiro atoms. The van der Waals surface area contributed by atoms with Crippen molar-refractivity contribution in [3.05, 3.63) is 29.8 Å². The van der Waals surface area contributed by atoms with E-state index in [1.165, 1.54) is 31.4 Å². The van der Waals surface area contributed by atoms with Crippen LogP contribution in [0.2, 0.25) is 0 Å². The minimum atomic E-state index is 0.139. The van der Waals surface area contributed by atoms with Crippen LogP contribution in [0, 0.1) is 12.3 Å². The zero-order valence-corrected chi connectivity index (χ0v) is 12.5. The van der Waals surface area contributed by atoms with Gasteiger partial charge >= 0.3 is 0 Å². The Balaban J connectivity index is 1.99. The highest BCUT2D eigenvalue weighted by molar-refractivity contribution is 5.61. The molecule has 0 amide bonds. The van der Waals surface area contributed by atoms with Crippen LogP contribution >= 0.6 is 0 Å². The number of benzene rings is 1. The number of nitrogens with one attached hydrogen (secondary N) is 1. The zero-order valence-electron chi connectivity index (χ0n) is 12.5. The summed E-state index contributed by atoms with van der Waals surface area (Å²) in [6.07, 6.45) is 10.9. The van der Waals surface area contributed by atoms with Gasteiger partial charge in [-0.05, 0) is 38.8 Å². The summed E-state index contributed by atoms with van der Waals surface area (Å²) >= 11 is 0. The van der Waals surface area contributed by atoms with E-state index in [4.69, 9.17) is 6.42 Å². The van der Waals surface area contributed by atoms with Crippen molar-refractivity contribution in [2.24, 2.45) is 0 Å². The third-order valence-corrected chi connectivity index (χ3v) is 4.64. The summed E-state index contributed by atoms with van der Waals surface area (Å²) in [5, 5.41) is 3.84. The van der Waals surface area contributed by atoms with Gasteiger partial charge in [-0.3, -0.25) is 0 Å². The van der Waals surface area contributed by atoms with Gasteiger partial charge in [-0.25, -0.2) is 0 Å². The molecule has 1 heterocycles. The molecule has 20 heavy (non-hydrogen) atoms. The second kappa shape index (κ2) is 5.14. The Morgan fingerprint density at radius 3 is 2.80 bits per heavy atom. The number of terminal acetylenes is 1. The molecule has 1 N–H and O–H groups in total. The number of fused-ring (bicyclic) bond motifs is 1. The summed E-state index contributed by atoms with van der Waals surface area (Å²) in [5.41, 5.74) is 2.40. The molecule has 1 saturated carbocycles. The van der Waals surface area contributed by atoms with Crippen molar-refractivity contribution in [3.63, 3.8) is 0 Å². The van der Waals surface area contributed by atoms with Gasteiger partial charge in [-0.2, -0.15) is 0 Å².